The van der Waals surface area contributed by atoms with Crippen LogP contribution in [0, 0.1) is 11.8 Å². The molecule has 0 fully saturated rings. The Labute approximate surface area is 414 Å². The van der Waals surface area contributed by atoms with Gasteiger partial charge >= 0.3 is 5.97 Å². The zero-order chi connectivity index (χ0) is 50.7. The average Bonchev–Trinajstić information content (AvgIpc) is 3.80. The Morgan fingerprint density at radius 2 is 1.03 bits per heavy atom. The summed E-state index contributed by atoms with van der Waals surface area (Å²) in [6.07, 6.45) is 3.69. The van der Waals surface area contributed by atoms with E-state index in [4.69, 9.17) is 4.84 Å². The summed E-state index contributed by atoms with van der Waals surface area (Å²) < 4.78 is 0. The van der Waals surface area contributed by atoms with E-state index in [9.17, 15) is 33.9 Å². The fourth-order valence-corrected chi connectivity index (χ4v) is 8.10. The summed E-state index contributed by atoms with van der Waals surface area (Å²) in [4.78, 5) is 91.5. The Morgan fingerprint density at radius 1 is 0.549 bits per heavy atom. The molecule has 0 unspecified atom stereocenters. The average molecular weight is 962 g/mol. The van der Waals surface area contributed by atoms with Crippen molar-refractivity contribution >= 4 is 52.6 Å². The van der Waals surface area contributed by atoms with Gasteiger partial charge in [0.2, 0.25) is 23.6 Å². The molecule has 0 saturated carbocycles. The molecule has 15 nitrogen and oxygen atoms in total. The number of carboxylic acid groups (broad SMARTS) is 1. The third-order valence-electron chi connectivity index (χ3n) is 12.7. The summed E-state index contributed by atoms with van der Waals surface area (Å²) in [7, 11) is 0. The summed E-state index contributed by atoms with van der Waals surface area (Å²) in [6, 6.07) is 37.3. The molecule has 0 spiro atoms. The van der Waals surface area contributed by atoms with Crippen LogP contribution >= 0.6 is 0 Å². The highest BCUT2D eigenvalue weighted by atomic mass is 16.6. The van der Waals surface area contributed by atoms with Crippen molar-refractivity contribution in [2.75, 3.05) is 0 Å². The number of carbonyl (C=O) groups is 6. The molecule has 5 aromatic carbocycles. The normalized spacial score (nSPS) is 14.2. The van der Waals surface area contributed by atoms with Crippen molar-refractivity contribution in [3.8, 4) is 11.1 Å². The number of oxime groups is 1. The lowest BCUT2D eigenvalue weighted by Crippen LogP contribution is -2.61. The number of aliphatic carboxylic acids is 1. The van der Waals surface area contributed by atoms with Crippen LogP contribution in [0.25, 0.3) is 22.0 Å². The first-order valence-electron chi connectivity index (χ1n) is 24.0. The van der Waals surface area contributed by atoms with Crippen molar-refractivity contribution in [2.24, 2.45) is 17.0 Å². The lowest BCUT2D eigenvalue weighted by molar-refractivity contribution is -0.142. The Hall–Kier alpha value is -8.07. The number of rotatable bonds is 25. The highest BCUT2D eigenvalue weighted by molar-refractivity contribution is 6.26. The van der Waals surface area contributed by atoms with Gasteiger partial charge in [-0.1, -0.05) is 179 Å². The molecule has 15 heteroatoms. The number of carboxylic acids is 1. The van der Waals surface area contributed by atoms with Crippen molar-refractivity contribution in [3.63, 3.8) is 0 Å². The van der Waals surface area contributed by atoms with Crippen LogP contribution < -0.4 is 26.6 Å². The first-order valence-corrected chi connectivity index (χ1v) is 24.0. The molecule has 1 heterocycles. The van der Waals surface area contributed by atoms with E-state index in [1.165, 1.54) is 0 Å². The predicted octanol–water partition coefficient (Wildman–Crippen LogP) is 6.67. The van der Waals surface area contributed by atoms with Gasteiger partial charge in [0.1, 0.15) is 43.0 Å². The molecule has 1 aromatic heterocycles. The van der Waals surface area contributed by atoms with Gasteiger partial charge < -0.3 is 41.5 Å². The van der Waals surface area contributed by atoms with Gasteiger partial charge in [0, 0.05) is 36.4 Å². The molecule has 0 aliphatic heterocycles. The molecule has 0 radical (unpaired) electrons. The molecule has 6 rings (SSSR count). The van der Waals surface area contributed by atoms with Crippen molar-refractivity contribution in [2.45, 2.75) is 96.6 Å². The number of fused-ring (bicyclic) bond motifs is 1. The van der Waals surface area contributed by atoms with E-state index < -0.39 is 77.6 Å². The SMILES string of the molecule is CC[C@H](C)[C@H](NC(=O)[C@H](Cc1ccccc1)NC(=O)[C@H](Cc1ccccc1)NC(=O)/C=N/OCc1ccc(-c2ccccc2)cc1)C(=O)N[C@H](C(=O)N[C@@H](Cc1c[nH]c2ccccc12)C(=O)O)[C@@H](C)CC. The van der Waals surface area contributed by atoms with E-state index >= 15 is 0 Å². The maximum Gasteiger partial charge on any atom is 0.326 e. The molecule has 5 amide bonds. The maximum absolute atomic E-state index is 14.5. The van der Waals surface area contributed by atoms with Crippen LogP contribution in [0.1, 0.15) is 62.8 Å². The fourth-order valence-electron chi connectivity index (χ4n) is 8.10. The number of amides is 5. The van der Waals surface area contributed by atoms with Gasteiger partial charge in [-0.3, -0.25) is 24.0 Å². The molecule has 0 aliphatic rings. The predicted molar refractivity (Wildman–Crippen MR) is 274 cm³/mol. The van der Waals surface area contributed by atoms with E-state index in [0.717, 1.165) is 39.4 Å². The zero-order valence-corrected chi connectivity index (χ0v) is 40.5. The van der Waals surface area contributed by atoms with Crippen LogP contribution in [-0.2, 0) is 59.5 Å². The van der Waals surface area contributed by atoms with Crippen LogP contribution in [0.2, 0.25) is 0 Å². The van der Waals surface area contributed by atoms with Crippen LogP contribution in [0.4, 0.5) is 0 Å². The number of nitrogens with zero attached hydrogens (tertiary/aromatic N) is 1. The second kappa shape index (κ2) is 26.1. The third-order valence-corrected chi connectivity index (χ3v) is 12.7. The number of benzene rings is 5. The van der Waals surface area contributed by atoms with E-state index in [1.807, 2.05) is 129 Å². The largest absolute Gasteiger partial charge is 0.480 e. The fraction of sp³-hybridized carbons (Fsp3) is 0.304. The quantitative estimate of drug-likeness (QED) is 0.0242. The molecular weight excluding hydrogens is 899 g/mol. The number of aromatic amines is 1. The van der Waals surface area contributed by atoms with Crippen molar-refractivity contribution < 1.29 is 38.7 Å². The number of hydrogen-bond donors (Lipinski definition) is 7. The minimum Gasteiger partial charge on any atom is -0.480 e. The van der Waals surface area contributed by atoms with Crippen molar-refractivity contribution in [3.05, 3.63) is 168 Å². The van der Waals surface area contributed by atoms with Gasteiger partial charge in [0.05, 0.1) is 0 Å². The summed E-state index contributed by atoms with van der Waals surface area (Å²) in [5, 5.41) is 28.8. The number of hydrogen-bond acceptors (Lipinski definition) is 8. The van der Waals surface area contributed by atoms with Gasteiger partial charge in [-0.2, -0.15) is 0 Å². The topological polar surface area (TPSA) is 220 Å². The number of H-pyrrole nitrogens is 1. The number of nitrogens with one attached hydrogen (secondary N) is 6. The molecule has 370 valence electrons. The van der Waals surface area contributed by atoms with E-state index in [2.05, 4.69) is 36.7 Å². The first-order chi connectivity index (χ1) is 34.3. The molecule has 7 atom stereocenters. The third kappa shape index (κ3) is 15.2. The van der Waals surface area contributed by atoms with E-state index in [0.29, 0.717) is 24.0 Å². The Balaban J connectivity index is 1.15. The summed E-state index contributed by atoms with van der Waals surface area (Å²) in [6.45, 7) is 7.37. The van der Waals surface area contributed by atoms with Crippen LogP contribution in [0.5, 0.6) is 0 Å². The molecule has 0 bridgehead atoms. The maximum atomic E-state index is 14.5. The smallest absolute Gasteiger partial charge is 0.326 e. The number of para-hydroxylation sites is 1. The standard InChI is InChI=1S/C56H63N7O8/c1-5-36(3)50(54(67)61-48(56(69)70)32-43-33-57-45-25-17-16-24-44(43)45)63-55(68)51(37(4)6-2)62-53(66)47(31-39-20-12-8-13-21-39)60-52(65)46(30-38-18-10-7-11-19-38)59-49(64)34-58-71-35-40-26-28-42(29-27-40)41-22-14-9-15-23-41/h7-29,33-34,36-37,46-48,50-51,57H,5-6,30-32,35H2,1-4H3,(H,59,64)(H,60,65)(H,61,67)(H,62,66)(H,63,68)(H,69,70)/b58-34+/t36-,37-,46-,47-,48-,50-,51-/m0/s1. The number of carbonyl (C=O) groups excluding carboxylic acids is 5. The molecule has 7 N–H and O–H groups in total. The van der Waals surface area contributed by atoms with Gasteiger partial charge in [0.15, 0.2) is 0 Å². The van der Waals surface area contributed by atoms with Gasteiger partial charge in [-0.25, -0.2) is 4.79 Å². The summed E-state index contributed by atoms with van der Waals surface area (Å²) in [5.41, 5.74) is 5.95. The minimum atomic E-state index is -1.30. The molecule has 71 heavy (non-hydrogen) atoms. The second-order valence-corrected chi connectivity index (χ2v) is 17.8. The number of aromatic nitrogens is 1. The van der Waals surface area contributed by atoms with Crippen molar-refractivity contribution in [1.82, 2.24) is 31.6 Å². The van der Waals surface area contributed by atoms with Crippen molar-refractivity contribution in [1.29, 1.82) is 0 Å². The Bertz CT molecular complexity index is 2730. The van der Waals surface area contributed by atoms with Crippen LogP contribution in [0.15, 0.2) is 151 Å². The molecule has 0 saturated heterocycles. The van der Waals surface area contributed by atoms with E-state index in [-0.39, 0.29) is 25.9 Å². The highest BCUT2D eigenvalue weighted by Gasteiger charge is 2.36. The Kier molecular flexibility index (Phi) is 19.2. The zero-order valence-electron chi connectivity index (χ0n) is 40.5. The van der Waals surface area contributed by atoms with E-state index in [1.54, 1.807) is 44.3 Å². The first kappa shape index (κ1) is 52.3. The molecule has 6 aromatic rings. The second-order valence-electron chi connectivity index (χ2n) is 17.8. The van der Waals surface area contributed by atoms with Crippen LogP contribution in [0.3, 0.4) is 0 Å². The van der Waals surface area contributed by atoms with Gasteiger partial charge in [-0.15, -0.1) is 0 Å². The molecular formula is C56H63N7O8. The van der Waals surface area contributed by atoms with Gasteiger partial charge in [-0.05, 0) is 51.3 Å². The van der Waals surface area contributed by atoms with Gasteiger partial charge in [0.25, 0.3) is 5.91 Å². The minimum absolute atomic E-state index is 0.00419. The lowest BCUT2D eigenvalue weighted by atomic mass is 9.94. The summed E-state index contributed by atoms with van der Waals surface area (Å²) in [5.74, 6) is -5.48. The van der Waals surface area contributed by atoms with Crippen LogP contribution in [-0.4, -0.2) is 82.0 Å². The summed E-state index contributed by atoms with van der Waals surface area (Å²) >= 11 is 0. The monoisotopic (exact) mass is 961 g/mol. The Morgan fingerprint density at radius 3 is 1.61 bits per heavy atom. The lowest BCUT2D eigenvalue weighted by Gasteiger charge is -2.31. The molecule has 0 aliphatic carbocycles. The highest BCUT2D eigenvalue weighted by Crippen LogP contribution is 2.21.